The first-order chi connectivity index (χ1) is 13.9. The standard InChI is InChI=1S/C19H15N3O7/c1-2-28-12-8-7-11-9-14(19(25)29-16(11)10-12)18(24)21-20-17(23)13-5-3-4-6-15(13)22(26)27/h3-10H,2H2,1H3,(H,20,23)(H,21,24). The molecule has 10 nitrogen and oxygen atoms in total. The van der Waals surface area contributed by atoms with E-state index in [2.05, 4.69) is 10.9 Å². The maximum Gasteiger partial charge on any atom is 0.349 e. The number of nitro groups is 1. The van der Waals surface area contributed by atoms with E-state index in [1.54, 1.807) is 12.1 Å². The Morgan fingerprint density at radius 3 is 2.45 bits per heavy atom. The predicted octanol–water partition coefficient (Wildman–Crippen LogP) is 2.17. The fourth-order valence-corrected chi connectivity index (χ4v) is 2.58. The zero-order valence-corrected chi connectivity index (χ0v) is 15.1. The van der Waals surface area contributed by atoms with Crippen molar-refractivity contribution >= 4 is 28.5 Å². The number of fused-ring (bicyclic) bond motifs is 1. The van der Waals surface area contributed by atoms with E-state index in [0.29, 0.717) is 17.7 Å². The van der Waals surface area contributed by atoms with Gasteiger partial charge in [-0.05, 0) is 31.2 Å². The molecule has 0 spiro atoms. The highest BCUT2D eigenvalue weighted by Crippen LogP contribution is 2.20. The number of hydrogen-bond donors (Lipinski definition) is 2. The largest absolute Gasteiger partial charge is 0.494 e. The summed E-state index contributed by atoms with van der Waals surface area (Å²) in [7, 11) is 0. The summed E-state index contributed by atoms with van der Waals surface area (Å²) in [6, 6.07) is 11.4. The third-order valence-corrected chi connectivity index (χ3v) is 3.90. The Kier molecular flexibility index (Phi) is 5.54. The Hall–Kier alpha value is -4.21. The van der Waals surface area contributed by atoms with Crippen molar-refractivity contribution < 1.29 is 23.7 Å². The summed E-state index contributed by atoms with van der Waals surface area (Å²) in [4.78, 5) is 46.9. The molecule has 1 heterocycles. The van der Waals surface area contributed by atoms with E-state index in [9.17, 15) is 24.5 Å². The van der Waals surface area contributed by atoms with Crippen molar-refractivity contribution in [2.24, 2.45) is 0 Å². The SMILES string of the molecule is CCOc1ccc2cc(C(=O)NNC(=O)c3ccccc3[N+](=O)[O-])c(=O)oc2c1. The summed E-state index contributed by atoms with van der Waals surface area (Å²) >= 11 is 0. The lowest BCUT2D eigenvalue weighted by Gasteiger charge is -2.08. The molecule has 0 aliphatic heterocycles. The minimum atomic E-state index is -0.929. The summed E-state index contributed by atoms with van der Waals surface area (Å²) in [6.07, 6.45) is 0. The molecule has 2 aromatic carbocycles. The third kappa shape index (κ3) is 4.21. The molecular weight excluding hydrogens is 382 g/mol. The Balaban J connectivity index is 1.79. The fourth-order valence-electron chi connectivity index (χ4n) is 2.58. The number of carbonyl (C=O) groups excluding carboxylic acids is 2. The smallest absolute Gasteiger partial charge is 0.349 e. The molecule has 0 bridgehead atoms. The molecule has 29 heavy (non-hydrogen) atoms. The lowest BCUT2D eigenvalue weighted by Crippen LogP contribution is -2.43. The van der Waals surface area contributed by atoms with Gasteiger partial charge < -0.3 is 9.15 Å². The second-order valence-electron chi connectivity index (χ2n) is 5.76. The van der Waals surface area contributed by atoms with E-state index < -0.39 is 28.1 Å². The number of hydrogen-bond acceptors (Lipinski definition) is 7. The van der Waals surface area contributed by atoms with Crippen molar-refractivity contribution in [1.82, 2.24) is 10.9 Å². The van der Waals surface area contributed by atoms with Crippen LogP contribution in [0.1, 0.15) is 27.6 Å². The van der Waals surface area contributed by atoms with Crippen LogP contribution in [-0.2, 0) is 0 Å². The van der Waals surface area contributed by atoms with Crippen LogP contribution in [0.4, 0.5) is 5.69 Å². The monoisotopic (exact) mass is 397 g/mol. The highest BCUT2D eigenvalue weighted by Gasteiger charge is 2.20. The molecule has 0 saturated heterocycles. The average molecular weight is 397 g/mol. The van der Waals surface area contributed by atoms with Crippen LogP contribution in [0, 0.1) is 10.1 Å². The maximum absolute atomic E-state index is 12.3. The van der Waals surface area contributed by atoms with E-state index in [-0.39, 0.29) is 16.7 Å². The molecule has 3 aromatic rings. The molecule has 2 N–H and O–H groups in total. The zero-order valence-electron chi connectivity index (χ0n) is 15.1. The van der Waals surface area contributed by atoms with Crippen LogP contribution in [0.15, 0.2) is 57.7 Å². The predicted molar refractivity (Wildman–Crippen MR) is 102 cm³/mol. The highest BCUT2D eigenvalue weighted by molar-refractivity contribution is 6.01. The van der Waals surface area contributed by atoms with Crippen LogP contribution in [0.3, 0.4) is 0 Å². The quantitative estimate of drug-likeness (QED) is 0.382. The van der Waals surface area contributed by atoms with Gasteiger partial charge in [0.05, 0.1) is 11.5 Å². The van der Waals surface area contributed by atoms with E-state index in [4.69, 9.17) is 9.15 Å². The average Bonchev–Trinajstić information content (AvgIpc) is 2.71. The van der Waals surface area contributed by atoms with Crippen molar-refractivity contribution in [3.63, 3.8) is 0 Å². The van der Waals surface area contributed by atoms with Crippen LogP contribution in [0.25, 0.3) is 11.0 Å². The number of nitrogens with one attached hydrogen (secondary N) is 2. The third-order valence-electron chi connectivity index (χ3n) is 3.90. The number of nitro benzene ring substituents is 1. The molecule has 10 heteroatoms. The molecule has 0 unspecified atom stereocenters. The Morgan fingerprint density at radius 1 is 1.07 bits per heavy atom. The number of hydrazine groups is 1. The van der Waals surface area contributed by atoms with Crippen LogP contribution in [0.5, 0.6) is 5.75 Å². The van der Waals surface area contributed by atoms with Gasteiger partial charge in [-0.2, -0.15) is 0 Å². The number of nitrogens with zero attached hydrogens (tertiary/aromatic N) is 1. The van der Waals surface area contributed by atoms with Crippen LogP contribution >= 0.6 is 0 Å². The van der Waals surface area contributed by atoms with Gasteiger partial charge in [0, 0.05) is 17.5 Å². The molecular formula is C19H15N3O7. The first-order valence-electron chi connectivity index (χ1n) is 8.45. The molecule has 2 amide bonds. The van der Waals surface area contributed by atoms with Crippen molar-refractivity contribution in [3.8, 4) is 5.75 Å². The molecule has 3 rings (SSSR count). The Morgan fingerprint density at radius 2 is 1.76 bits per heavy atom. The van der Waals surface area contributed by atoms with Gasteiger partial charge in [0.25, 0.3) is 17.5 Å². The molecule has 0 radical (unpaired) electrons. The lowest BCUT2D eigenvalue weighted by molar-refractivity contribution is -0.385. The number of rotatable bonds is 5. The topological polar surface area (TPSA) is 141 Å². The number of ether oxygens (including phenoxy) is 1. The van der Waals surface area contributed by atoms with Gasteiger partial charge in [0.15, 0.2) is 0 Å². The van der Waals surface area contributed by atoms with Gasteiger partial charge >= 0.3 is 5.63 Å². The van der Waals surface area contributed by atoms with E-state index in [0.717, 1.165) is 6.07 Å². The van der Waals surface area contributed by atoms with Gasteiger partial charge in [0.2, 0.25) is 0 Å². The van der Waals surface area contributed by atoms with E-state index >= 15 is 0 Å². The summed E-state index contributed by atoms with van der Waals surface area (Å²) in [5, 5.41) is 11.5. The molecule has 1 aromatic heterocycles. The molecule has 0 saturated carbocycles. The van der Waals surface area contributed by atoms with Crippen molar-refractivity contribution in [2.45, 2.75) is 6.92 Å². The lowest BCUT2D eigenvalue weighted by atomic mass is 10.1. The number of carbonyl (C=O) groups is 2. The summed E-state index contributed by atoms with van der Waals surface area (Å²) in [5.74, 6) is -1.32. The minimum Gasteiger partial charge on any atom is -0.494 e. The van der Waals surface area contributed by atoms with Gasteiger partial charge in [-0.25, -0.2) is 4.79 Å². The van der Waals surface area contributed by atoms with Gasteiger partial charge in [-0.1, -0.05) is 12.1 Å². The highest BCUT2D eigenvalue weighted by atomic mass is 16.6. The second-order valence-corrected chi connectivity index (χ2v) is 5.76. The van der Waals surface area contributed by atoms with E-state index in [1.165, 1.54) is 30.3 Å². The fraction of sp³-hybridized carbons (Fsp3) is 0.105. The van der Waals surface area contributed by atoms with Gasteiger partial charge in [-0.15, -0.1) is 0 Å². The second kappa shape index (κ2) is 8.21. The number of amides is 2. The molecule has 0 atom stereocenters. The minimum absolute atomic E-state index is 0.237. The maximum atomic E-state index is 12.3. The van der Waals surface area contributed by atoms with Gasteiger partial charge in [0.1, 0.15) is 22.5 Å². The van der Waals surface area contributed by atoms with Crippen LogP contribution < -0.4 is 21.2 Å². The van der Waals surface area contributed by atoms with E-state index in [1.807, 2.05) is 6.92 Å². The molecule has 148 valence electrons. The zero-order chi connectivity index (χ0) is 21.0. The first-order valence-corrected chi connectivity index (χ1v) is 8.45. The Bertz CT molecular complexity index is 1170. The van der Waals surface area contributed by atoms with Crippen LogP contribution in [-0.4, -0.2) is 23.3 Å². The van der Waals surface area contributed by atoms with Crippen molar-refractivity contribution in [1.29, 1.82) is 0 Å². The van der Waals surface area contributed by atoms with Gasteiger partial charge in [-0.3, -0.25) is 30.6 Å². The molecule has 0 aliphatic carbocycles. The Labute approximate surface area is 163 Å². The number of para-hydroxylation sites is 1. The summed E-state index contributed by atoms with van der Waals surface area (Å²) in [5.41, 5.74) is 2.42. The first kappa shape index (κ1) is 19.5. The molecule has 0 fully saturated rings. The molecule has 0 aliphatic rings. The van der Waals surface area contributed by atoms with Crippen molar-refractivity contribution in [2.75, 3.05) is 6.61 Å². The van der Waals surface area contributed by atoms with Crippen LogP contribution in [0.2, 0.25) is 0 Å². The number of benzene rings is 2. The summed E-state index contributed by atoms with van der Waals surface area (Å²) < 4.78 is 10.5. The summed E-state index contributed by atoms with van der Waals surface area (Å²) in [6.45, 7) is 2.25. The van der Waals surface area contributed by atoms with Crippen molar-refractivity contribution in [3.05, 3.63) is 80.2 Å². The normalized spacial score (nSPS) is 10.4.